The first-order valence-electron chi connectivity index (χ1n) is 6.83. The van der Waals surface area contributed by atoms with Gasteiger partial charge in [-0.2, -0.15) is 0 Å². The second-order valence-electron chi connectivity index (χ2n) is 5.69. The van der Waals surface area contributed by atoms with Gasteiger partial charge in [0.15, 0.2) is 0 Å². The number of hydrogen-bond acceptors (Lipinski definition) is 3. The number of likely N-dealkylation sites (N-methyl/N-ethyl adjacent to an activating group) is 1. The van der Waals surface area contributed by atoms with Crippen molar-refractivity contribution in [2.45, 2.75) is 56.6 Å². The first kappa shape index (κ1) is 12.3. The number of likely N-dealkylation sites (tertiary alicyclic amines) is 1. The lowest BCUT2D eigenvalue weighted by molar-refractivity contribution is 0.0450. The SMILES string of the molecule is CN1CCCCC1CNCC1(O)CCCC1. The Morgan fingerprint density at radius 2 is 2.00 bits per heavy atom. The van der Waals surface area contributed by atoms with Crippen molar-refractivity contribution in [3.05, 3.63) is 0 Å². The van der Waals surface area contributed by atoms with Crippen molar-refractivity contribution < 1.29 is 5.11 Å². The van der Waals surface area contributed by atoms with E-state index < -0.39 is 5.60 Å². The lowest BCUT2D eigenvalue weighted by Gasteiger charge is -2.33. The van der Waals surface area contributed by atoms with Crippen LogP contribution < -0.4 is 5.32 Å². The molecule has 0 bridgehead atoms. The minimum atomic E-state index is -0.396. The van der Waals surface area contributed by atoms with Crippen LogP contribution in [-0.4, -0.2) is 48.3 Å². The third-order valence-electron chi connectivity index (χ3n) is 4.29. The molecule has 0 aromatic heterocycles. The Labute approximate surface area is 99.2 Å². The van der Waals surface area contributed by atoms with Crippen LogP contribution in [0.15, 0.2) is 0 Å². The second-order valence-corrected chi connectivity index (χ2v) is 5.69. The molecular formula is C13H26N2O. The van der Waals surface area contributed by atoms with E-state index in [-0.39, 0.29) is 0 Å². The van der Waals surface area contributed by atoms with E-state index in [1.807, 2.05) is 0 Å². The van der Waals surface area contributed by atoms with Crippen molar-refractivity contribution in [1.29, 1.82) is 0 Å². The number of nitrogens with one attached hydrogen (secondary N) is 1. The van der Waals surface area contributed by atoms with Crippen molar-refractivity contribution in [3.8, 4) is 0 Å². The summed E-state index contributed by atoms with van der Waals surface area (Å²) in [5.74, 6) is 0. The molecule has 1 aliphatic heterocycles. The van der Waals surface area contributed by atoms with Crippen LogP contribution in [0.3, 0.4) is 0 Å². The van der Waals surface area contributed by atoms with Crippen molar-refractivity contribution in [1.82, 2.24) is 10.2 Å². The smallest absolute Gasteiger partial charge is 0.0771 e. The minimum Gasteiger partial charge on any atom is -0.389 e. The van der Waals surface area contributed by atoms with E-state index in [2.05, 4.69) is 17.3 Å². The summed E-state index contributed by atoms with van der Waals surface area (Å²) in [5, 5.41) is 13.7. The average molecular weight is 226 g/mol. The van der Waals surface area contributed by atoms with Crippen molar-refractivity contribution in [3.63, 3.8) is 0 Å². The first-order valence-corrected chi connectivity index (χ1v) is 6.83. The van der Waals surface area contributed by atoms with E-state index in [9.17, 15) is 5.11 Å². The van der Waals surface area contributed by atoms with Gasteiger partial charge in [0.1, 0.15) is 0 Å². The zero-order valence-electron chi connectivity index (χ0n) is 10.5. The van der Waals surface area contributed by atoms with E-state index >= 15 is 0 Å². The van der Waals surface area contributed by atoms with Gasteiger partial charge in [0.05, 0.1) is 5.60 Å². The molecule has 0 radical (unpaired) electrons. The third-order valence-corrected chi connectivity index (χ3v) is 4.29. The fourth-order valence-electron chi connectivity index (χ4n) is 3.08. The maximum absolute atomic E-state index is 10.2. The maximum Gasteiger partial charge on any atom is 0.0771 e. The van der Waals surface area contributed by atoms with Crippen LogP contribution in [0, 0.1) is 0 Å². The van der Waals surface area contributed by atoms with Gasteiger partial charge in [-0.15, -0.1) is 0 Å². The van der Waals surface area contributed by atoms with Gasteiger partial charge < -0.3 is 15.3 Å². The highest BCUT2D eigenvalue weighted by atomic mass is 16.3. The molecule has 0 aromatic rings. The van der Waals surface area contributed by atoms with Crippen LogP contribution in [0.4, 0.5) is 0 Å². The summed E-state index contributed by atoms with van der Waals surface area (Å²) in [6, 6.07) is 0.679. The summed E-state index contributed by atoms with van der Waals surface area (Å²) < 4.78 is 0. The fraction of sp³-hybridized carbons (Fsp3) is 1.00. The van der Waals surface area contributed by atoms with E-state index in [1.165, 1.54) is 38.6 Å². The number of aliphatic hydroxyl groups is 1. The Morgan fingerprint density at radius 3 is 2.69 bits per heavy atom. The average Bonchev–Trinajstić information content (AvgIpc) is 2.68. The van der Waals surface area contributed by atoms with Crippen LogP contribution >= 0.6 is 0 Å². The van der Waals surface area contributed by atoms with Crippen LogP contribution in [0.5, 0.6) is 0 Å². The second kappa shape index (κ2) is 5.48. The zero-order chi connectivity index (χ0) is 11.4. The summed E-state index contributed by atoms with van der Waals surface area (Å²) >= 11 is 0. The van der Waals surface area contributed by atoms with Gasteiger partial charge in [-0.25, -0.2) is 0 Å². The topological polar surface area (TPSA) is 35.5 Å². The van der Waals surface area contributed by atoms with Crippen molar-refractivity contribution in [2.75, 3.05) is 26.7 Å². The summed E-state index contributed by atoms with van der Waals surface area (Å²) in [4.78, 5) is 2.45. The minimum absolute atomic E-state index is 0.396. The molecule has 2 rings (SSSR count). The van der Waals surface area contributed by atoms with E-state index in [1.54, 1.807) is 0 Å². The lowest BCUT2D eigenvalue weighted by Crippen LogP contribution is -2.46. The molecule has 3 heteroatoms. The molecule has 3 nitrogen and oxygen atoms in total. The predicted molar refractivity (Wildman–Crippen MR) is 66.6 cm³/mol. The van der Waals surface area contributed by atoms with Gasteiger partial charge in [0, 0.05) is 19.1 Å². The highest BCUT2D eigenvalue weighted by Crippen LogP contribution is 2.28. The molecule has 2 fully saturated rings. The number of hydrogen-bond donors (Lipinski definition) is 2. The van der Waals surface area contributed by atoms with Crippen LogP contribution in [0.1, 0.15) is 44.9 Å². The Balaban J connectivity index is 1.66. The van der Waals surface area contributed by atoms with Crippen molar-refractivity contribution in [2.24, 2.45) is 0 Å². The largest absolute Gasteiger partial charge is 0.389 e. The Morgan fingerprint density at radius 1 is 1.25 bits per heavy atom. The summed E-state index contributed by atoms with van der Waals surface area (Å²) in [6.07, 6.45) is 8.38. The first-order chi connectivity index (χ1) is 7.70. The lowest BCUT2D eigenvalue weighted by atomic mass is 10.0. The molecule has 2 N–H and O–H groups in total. The van der Waals surface area contributed by atoms with Gasteiger partial charge in [-0.05, 0) is 39.3 Å². The molecule has 1 aliphatic carbocycles. The third kappa shape index (κ3) is 3.19. The highest BCUT2D eigenvalue weighted by molar-refractivity contribution is 4.87. The monoisotopic (exact) mass is 226 g/mol. The van der Waals surface area contributed by atoms with E-state index in [4.69, 9.17) is 0 Å². The molecule has 0 spiro atoms. The number of rotatable bonds is 4. The Kier molecular flexibility index (Phi) is 4.22. The van der Waals surface area contributed by atoms with Gasteiger partial charge in [0.25, 0.3) is 0 Å². The normalized spacial score (nSPS) is 30.8. The summed E-state index contributed by atoms with van der Waals surface area (Å²) in [7, 11) is 2.22. The molecule has 0 aromatic carbocycles. The molecule has 1 saturated heterocycles. The molecule has 1 unspecified atom stereocenters. The predicted octanol–water partition coefficient (Wildman–Crippen LogP) is 1.37. The van der Waals surface area contributed by atoms with Gasteiger partial charge in [-0.1, -0.05) is 19.3 Å². The number of piperidine rings is 1. The van der Waals surface area contributed by atoms with Crippen LogP contribution in [-0.2, 0) is 0 Å². The Hall–Kier alpha value is -0.120. The van der Waals surface area contributed by atoms with Crippen LogP contribution in [0.25, 0.3) is 0 Å². The zero-order valence-corrected chi connectivity index (χ0v) is 10.5. The molecule has 1 saturated carbocycles. The molecule has 1 heterocycles. The maximum atomic E-state index is 10.2. The Bertz CT molecular complexity index is 214. The quantitative estimate of drug-likeness (QED) is 0.760. The van der Waals surface area contributed by atoms with Gasteiger partial charge in [-0.3, -0.25) is 0 Å². The van der Waals surface area contributed by atoms with Gasteiger partial charge in [0.2, 0.25) is 0 Å². The summed E-state index contributed by atoms with van der Waals surface area (Å²) in [6.45, 7) is 3.06. The standard InChI is InChI=1S/C13H26N2O/c1-15-9-5-2-6-12(15)10-14-11-13(16)7-3-4-8-13/h12,14,16H,2-11H2,1H3. The fourth-order valence-corrected chi connectivity index (χ4v) is 3.08. The molecule has 16 heavy (non-hydrogen) atoms. The molecular weight excluding hydrogens is 200 g/mol. The van der Waals surface area contributed by atoms with E-state index in [0.29, 0.717) is 6.04 Å². The highest BCUT2D eigenvalue weighted by Gasteiger charge is 2.30. The molecule has 94 valence electrons. The molecule has 2 aliphatic rings. The molecule has 1 atom stereocenters. The van der Waals surface area contributed by atoms with Crippen molar-refractivity contribution >= 4 is 0 Å². The molecule has 0 amide bonds. The van der Waals surface area contributed by atoms with Crippen LogP contribution in [0.2, 0.25) is 0 Å². The number of nitrogens with zero attached hydrogens (tertiary/aromatic N) is 1. The van der Waals surface area contributed by atoms with E-state index in [0.717, 1.165) is 25.9 Å². The van der Waals surface area contributed by atoms with Gasteiger partial charge >= 0.3 is 0 Å². The summed E-state index contributed by atoms with van der Waals surface area (Å²) in [5.41, 5.74) is -0.396.